The Labute approximate surface area is 74.4 Å². The SMILES string of the molecule is CCNC1(C#N)CCN(C)CC1. The average Bonchev–Trinajstić information content (AvgIpc) is 2.10. The summed E-state index contributed by atoms with van der Waals surface area (Å²) in [6, 6.07) is 2.40. The normalized spacial score (nSPS) is 23.4. The standard InChI is InChI=1S/C9H17N3/c1-3-11-9(8-10)4-6-12(2)7-5-9/h11H,3-7H2,1-2H3. The number of hydrogen-bond acceptors (Lipinski definition) is 3. The summed E-state index contributed by atoms with van der Waals surface area (Å²) in [5, 5.41) is 12.3. The van der Waals surface area contributed by atoms with Crippen LogP contribution in [0.15, 0.2) is 0 Å². The molecule has 12 heavy (non-hydrogen) atoms. The van der Waals surface area contributed by atoms with Crippen molar-refractivity contribution in [3.05, 3.63) is 0 Å². The molecule has 1 aliphatic rings. The van der Waals surface area contributed by atoms with E-state index in [2.05, 4.69) is 30.3 Å². The van der Waals surface area contributed by atoms with Gasteiger partial charge in [-0.2, -0.15) is 5.26 Å². The molecule has 0 saturated carbocycles. The van der Waals surface area contributed by atoms with Crippen LogP contribution in [0.3, 0.4) is 0 Å². The van der Waals surface area contributed by atoms with Gasteiger partial charge in [0.2, 0.25) is 0 Å². The molecule has 3 nitrogen and oxygen atoms in total. The van der Waals surface area contributed by atoms with Gasteiger partial charge < -0.3 is 4.90 Å². The van der Waals surface area contributed by atoms with Crippen LogP contribution in [0.25, 0.3) is 0 Å². The first-order valence-corrected chi connectivity index (χ1v) is 4.57. The Morgan fingerprint density at radius 1 is 1.50 bits per heavy atom. The van der Waals surface area contributed by atoms with E-state index in [1.807, 2.05) is 0 Å². The molecule has 1 aliphatic heterocycles. The third kappa shape index (κ3) is 1.96. The molecule has 0 aliphatic carbocycles. The molecule has 0 bridgehead atoms. The number of rotatable bonds is 2. The smallest absolute Gasteiger partial charge is 0.109 e. The van der Waals surface area contributed by atoms with Crippen molar-refractivity contribution in [3.8, 4) is 6.07 Å². The lowest BCUT2D eigenvalue weighted by molar-refractivity contribution is 0.198. The predicted molar refractivity (Wildman–Crippen MR) is 48.8 cm³/mol. The van der Waals surface area contributed by atoms with E-state index < -0.39 is 0 Å². The summed E-state index contributed by atoms with van der Waals surface area (Å²) in [5.41, 5.74) is -0.235. The van der Waals surface area contributed by atoms with Crippen molar-refractivity contribution in [2.45, 2.75) is 25.3 Å². The van der Waals surface area contributed by atoms with Gasteiger partial charge in [-0.15, -0.1) is 0 Å². The lowest BCUT2D eigenvalue weighted by Crippen LogP contribution is -2.51. The molecular weight excluding hydrogens is 150 g/mol. The Balaban J connectivity index is 2.52. The second-order valence-corrected chi connectivity index (χ2v) is 3.53. The minimum atomic E-state index is -0.235. The first kappa shape index (κ1) is 9.50. The maximum absolute atomic E-state index is 9.03. The monoisotopic (exact) mass is 167 g/mol. The maximum atomic E-state index is 9.03. The largest absolute Gasteiger partial charge is 0.306 e. The number of piperidine rings is 1. The molecule has 1 saturated heterocycles. The van der Waals surface area contributed by atoms with E-state index in [0.717, 1.165) is 32.5 Å². The second kappa shape index (κ2) is 3.88. The van der Waals surface area contributed by atoms with Gasteiger partial charge in [0.15, 0.2) is 0 Å². The van der Waals surface area contributed by atoms with Crippen LogP contribution in [-0.2, 0) is 0 Å². The van der Waals surface area contributed by atoms with E-state index in [4.69, 9.17) is 5.26 Å². The topological polar surface area (TPSA) is 39.1 Å². The van der Waals surface area contributed by atoms with E-state index in [9.17, 15) is 0 Å². The minimum Gasteiger partial charge on any atom is -0.306 e. The number of nitriles is 1. The van der Waals surface area contributed by atoms with Crippen LogP contribution >= 0.6 is 0 Å². The highest BCUT2D eigenvalue weighted by molar-refractivity contribution is 5.09. The predicted octanol–water partition coefficient (Wildman–Crippen LogP) is 0.584. The van der Waals surface area contributed by atoms with Gasteiger partial charge in [-0.05, 0) is 26.4 Å². The van der Waals surface area contributed by atoms with Crippen LogP contribution < -0.4 is 5.32 Å². The molecule has 1 N–H and O–H groups in total. The van der Waals surface area contributed by atoms with Crippen molar-refractivity contribution in [1.29, 1.82) is 5.26 Å². The molecule has 1 rings (SSSR count). The van der Waals surface area contributed by atoms with Gasteiger partial charge in [0.25, 0.3) is 0 Å². The second-order valence-electron chi connectivity index (χ2n) is 3.53. The van der Waals surface area contributed by atoms with Crippen molar-refractivity contribution in [3.63, 3.8) is 0 Å². The molecule has 0 aromatic heterocycles. The Morgan fingerprint density at radius 3 is 2.50 bits per heavy atom. The van der Waals surface area contributed by atoms with E-state index in [1.54, 1.807) is 0 Å². The summed E-state index contributed by atoms with van der Waals surface area (Å²) in [6.07, 6.45) is 1.90. The lowest BCUT2D eigenvalue weighted by atomic mass is 9.89. The highest BCUT2D eigenvalue weighted by atomic mass is 15.1. The molecular formula is C9H17N3. The Morgan fingerprint density at radius 2 is 2.08 bits per heavy atom. The zero-order valence-corrected chi connectivity index (χ0v) is 7.93. The van der Waals surface area contributed by atoms with Crippen molar-refractivity contribution in [1.82, 2.24) is 10.2 Å². The van der Waals surface area contributed by atoms with E-state index in [0.29, 0.717) is 0 Å². The minimum absolute atomic E-state index is 0.235. The first-order chi connectivity index (χ1) is 5.72. The van der Waals surface area contributed by atoms with Crippen LogP contribution in [0.1, 0.15) is 19.8 Å². The molecule has 1 fully saturated rings. The summed E-state index contributed by atoms with van der Waals surface area (Å²) >= 11 is 0. The molecule has 3 heteroatoms. The molecule has 1 heterocycles. The molecule has 0 atom stereocenters. The fourth-order valence-corrected chi connectivity index (χ4v) is 1.67. The number of nitrogens with zero attached hydrogens (tertiary/aromatic N) is 2. The summed E-state index contributed by atoms with van der Waals surface area (Å²) in [6.45, 7) is 5.00. The Hall–Kier alpha value is -0.590. The van der Waals surface area contributed by atoms with Crippen molar-refractivity contribution in [2.24, 2.45) is 0 Å². The van der Waals surface area contributed by atoms with Crippen molar-refractivity contribution >= 4 is 0 Å². The number of nitrogens with one attached hydrogen (secondary N) is 1. The quantitative estimate of drug-likeness (QED) is 0.654. The molecule has 68 valence electrons. The Kier molecular flexibility index (Phi) is 3.07. The molecule has 0 amide bonds. The van der Waals surface area contributed by atoms with E-state index >= 15 is 0 Å². The molecule has 0 aromatic rings. The molecule has 0 radical (unpaired) electrons. The fourth-order valence-electron chi connectivity index (χ4n) is 1.67. The zero-order valence-electron chi connectivity index (χ0n) is 7.93. The van der Waals surface area contributed by atoms with Gasteiger partial charge in [0.1, 0.15) is 5.54 Å². The van der Waals surface area contributed by atoms with Crippen LogP contribution in [0.2, 0.25) is 0 Å². The highest BCUT2D eigenvalue weighted by Gasteiger charge is 2.32. The number of hydrogen-bond donors (Lipinski definition) is 1. The van der Waals surface area contributed by atoms with Crippen LogP contribution in [0.4, 0.5) is 0 Å². The van der Waals surface area contributed by atoms with E-state index in [-0.39, 0.29) is 5.54 Å². The van der Waals surface area contributed by atoms with Crippen LogP contribution in [0.5, 0.6) is 0 Å². The lowest BCUT2D eigenvalue weighted by Gasteiger charge is -2.35. The average molecular weight is 167 g/mol. The van der Waals surface area contributed by atoms with Gasteiger partial charge in [0.05, 0.1) is 6.07 Å². The fraction of sp³-hybridized carbons (Fsp3) is 0.889. The van der Waals surface area contributed by atoms with Crippen LogP contribution in [0, 0.1) is 11.3 Å². The van der Waals surface area contributed by atoms with Crippen LogP contribution in [-0.4, -0.2) is 37.1 Å². The van der Waals surface area contributed by atoms with Gasteiger partial charge in [-0.25, -0.2) is 0 Å². The van der Waals surface area contributed by atoms with Gasteiger partial charge in [-0.1, -0.05) is 6.92 Å². The molecule has 0 aromatic carbocycles. The third-order valence-electron chi connectivity index (χ3n) is 2.57. The van der Waals surface area contributed by atoms with E-state index in [1.165, 1.54) is 0 Å². The number of likely N-dealkylation sites (tertiary alicyclic amines) is 1. The van der Waals surface area contributed by atoms with Crippen molar-refractivity contribution < 1.29 is 0 Å². The summed E-state index contributed by atoms with van der Waals surface area (Å²) in [5.74, 6) is 0. The Bertz CT molecular complexity index is 175. The van der Waals surface area contributed by atoms with Crippen molar-refractivity contribution in [2.75, 3.05) is 26.7 Å². The van der Waals surface area contributed by atoms with Gasteiger partial charge >= 0.3 is 0 Å². The van der Waals surface area contributed by atoms with Gasteiger partial charge in [-0.3, -0.25) is 5.32 Å². The first-order valence-electron chi connectivity index (χ1n) is 4.57. The molecule has 0 unspecified atom stereocenters. The highest BCUT2D eigenvalue weighted by Crippen LogP contribution is 2.20. The zero-order chi connectivity index (χ0) is 9.03. The summed E-state index contributed by atoms with van der Waals surface area (Å²) in [7, 11) is 2.10. The summed E-state index contributed by atoms with van der Waals surface area (Å²) in [4.78, 5) is 2.27. The summed E-state index contributed by atoms with van der Waals surface area (Å²) < 4.78 is 0. The van der Waals surface area contributed by atoms with Gasteiger partial charge in [0, 0.05) is 13.1 Å². The maximum Gasteiger partial charge on any atom is 0.109 e. The molecule has 0 spiro atoms. The third-order valence-corrected chi connectivity index (χ3v) is 2.57.